The fraction of sp³-hybridized carbons (Fsp3) is 0.438. The van der Waals surface area contributed by atoms with E-state index in [0.717, 1.165) is 11.3 Å². The number of carbonyl (C=O) groups excluding carboxylic acids is 1. The van der Waals surface area contributed by atoms with Crippen LogP contribution in [-0.2, 0) is 0 Å². The van der Waals surface area contributed by atoms with E-state index in [1.165, 1.54) is 11.1 Å². The van der Waals surface area contributed by atoms with E-state index in [1.807, 2.05) is 0 Å². The highest BCUT2D eigenvalue weighted by Gasteiger charge is 2.43. The number of hydrogen-bond donors (Lipinski definition) is 2. The molecule has 28 heavy (non-hydrogen) atoms. The van der Waals surface area contributed by atoms with Crippen molar-refractivity contribution < 1.29 is 18.0 Å². The Labute approximate surface area is 176 Å². The van der Waals surface area contributed by atoms with Crippen molar-refractivity contribution in [2.45, 2.75) is 12.2 Å². The number of hydrogen-bond acceptors (Lipinski definition) is 6. The number of alkyl halides is 3. The molecule has 1 saturated heterocycles. The maximum absolute atomic E-state index is 13.4. The number of piperazine rings is 1. The van der Waals surface area contributed by atoms with Crippen molar-refractivity contribution in [1.29, 1.82) is 0 Å². The average Bonchev–Trinajstić information content (AvgIpc) is 3.12. The minimum absolute atomic E-state index is 0. The van der Waals surface area contributed by atoms with Gasteiger partial charge in [0.2, 0.25) is 0 Å². The Balaban J connectivity index is 0.00000196. The molecule has 6 nitrogen and oxygen atoms in total. The Hall–Kier alpha value is -1.46. The van der Waals surface area contributed by atoms with E-state index in [-0.39, 0.29) is 29.7 Å². The molecule has 2 aromatic rings. The number of thiazole rings is 1. The van der Waals surface area contributed by atoms with Gasteiger partial charge in [0.15, 0.2) is 0 Å². The van der Waals surface area contributed by atoms with Gasteiger partial charge in [-0.2, -0.15) is 13.2 Å². The maximum atomic E-state index is 13.4. The Morgan fingerprint density at radius 3 is 2.57 bits per heavy atom. The second-order valence-corrected chi connectivity index (χ2v) is 6.83. The van der Waals surface area contributed by atoms with Gasteiger partial charge in [0.1, 0.15) is 15.9 Å². The number of halogens is 5. The van der Waals surface area contributed by atoms with E-state index in [0.29, 0.717) is 36.9 Å². The standard InChI is InChI=1S/C16H18F3N5OS.2ClH/c17-16(18,19)13(24-7-5-20-6-8-24)10-22-14(25)12-9-23-15(26-12)11-3-1-2-4-21-11;;/h1-4,9,13,20H,5-8,10H2,(H,22,25);2*1H. The molecule has 0 spiro atoms. The van der Waals surface area contributed by atoms with Crippen molar-refractivity contribution in [3.8, 4) is 10.7 Å². The van der Waals surface area contributed by atoms with Crippen LogP contribution in [0.1, 0.15) is 9.67 Å². The summed E-state index contributed by atoms with van der Waals surface area (Å²) in [6, 6.07) is 3.62. The van der Waals surface area contributed by atoms with Crippen molar-refractivity contribution in [3.63, 3.8) is 0 Å². The summed E-state index contributed by atoms with van der Waals surface area (Å²) in [5.41, 5.74) is 0.616. The van der Waals surface area contributed by atoms with Crippen molar-refractivity contribution in [2.75, 3.05) is 32.7 Å². The first-order chi connectivity index (χ1) is 12.4. The zero-order chi connectivity index (χ0) is 18.6. The number of pyridine rings is 1. The van der Waals surface area contributed by atoms with Gasteiger partial charge in [-0.25, -0.2) is 4.98 Å². The first-order valence-electron chi connectivity index (χ1n) is 8.12. The predicted molar refractivity (Wildman–Crippen MR) is 106 cm³/mol. The third-order valence-electron chi connectivity index (χ3n) is 4.04. The van der Waals surface area contributed by atoms with Crippen LogP contribution < -0.4 is 10.6 Å². The molecule has 1 aliphatic heterocycles. The van der Waals surface area contributed by atoms with E-state index >= 15 is 0 Å². The van der Waals surface area contributed by atoms with Crippen LogP contribution in [0.5, 0.6) is 0 Å². The molecular weight excluding hydrogens is 438 g/mol. The lowest BCUT2D eigenvalue weighted by atomic mass is 10.2. The van der Waals surface area contributed by atoms with Crippen LogP contribution in [-0.4, -0.2) is 65.7 Å². The van der Waals surface area contributed by atoms with E-state index in [9.17, 15) is 18.0 Å². The lowest BCUT2D eigenvalue weighted by Gasteiger charge is -2.35. The normalized spacial score (nSPS) is 15.8. The van der Waals surface area contributed by atoms with Gasteiger partial charge in [-0.3, -0.25) is 14.7 Å². The molecule has 1 amide bonds. The van der Waals surface area contributed by atoms with Crippen LogP contribution in [0, 0.1) is 0 Å². The number of aromatic nitrogens is 2. The minimum Gasteiger partial charge on any atom is -0.349 e. The molecule has 1 atom stereocenters. The maximum Gasteiger partial charge on any atom is 0.405 e. The average molecular weight is 458 g/mol. The molecule has 0 aromatic carbocycles. The van der Waals surface area contributed by atoms with Gasteiger partial charge in [-0.1, -0.05) is 6.07 Å². The number of nitrogens with zero attached hydrogens (tertiary/aromatic N) is 3. The molecule has 2 aromatic heterocycles. The summed E-state index contributed by atoms with van der Waals surface area (Å²) in [6.45, 7) is 1.11. The van der Waals surface area contributed by atoms with E-state index in [4.69, 9.17) is 0 Å². The molecule has 156 valence electrons. The van der Waals surface area contributed by atoms with Crippen molar-refractivity contribution in [1.82, 2.24) is 25.5 Å². The Morgan fingerprint density at radius 1 is 1.25 bits per heavy atom. The second kappa shape index (κ2) is 10.9. The molecule has 1 aliphatic rings. The summed E-state index contributed by atoms with van der Waals surface area (Å²) in [6.07, 6.45) is -1.44. The Morgan fingerprint density at radius 2 is 1.96 bits per heavy atom. The van der Waals surface area contributed by atoms with Gasteiger partial charge in [-0.15, -0.1) is 36.2 Å². The first-order valence-corrected chi connectivity index (χ1v) is 8.94. The number of rotatable bonds is 5. The third-order valence-corrected chi connectivity index (χ3v) is 5.06. The number of amides is 1. The molecule has 3 heterocycles. The molecular formula is C16H20Cl2F3N5OS. The molecule has 1 unspecified atom stereocenters. The molecule has 12 heteroatoms. The zero-order valence-corrected chi connectivity index (χ0v) is 17.1. The second-order valence-electron chi connectivity index (χ2n) is 5.80. The summed E-state index contributed by atoms with van der Waals surface area (Å²) < 4.78 is 40.1. The minimum atomic E-state index is -4.41. The highest BCUT2D eigenvalue weighted by molar-refractivity contribution is 7.16. The van der Waals surface area contributed by atoms with Crippen molar-refractivity contribution in [2.24, 2.45) is 0 Å². The first kappa shape index (κ1) is 24.6. The zero-order valence-electron chi connectivity index (χ0n) is 14.6. The van der Waals surface area contributed by atoms with Gasteiger partial charge in [-0.05, 0) is 12.1 Å². The molecule has 3 rings (SSSR count). The van der Waals surface area contributed by atoms with Crippen molar-refractivity contribution >= 4 is 42.1 Å². The van der Waals surface area contributed by atoms with Gasteiger partial charge < -0.3 is 10.6 Å². The smallest absolute Gasteiger partial charge is 0.349 e. The highest BCUT2D eigenvalue weighted by Crippen LogP contribution is 2.26. The summed E-state index contributed by atoms with van der Waals surface area (Å²) in [7, 11) is 0. The monoisotopic (exact) mass is 457 g/mol. The van der Waals surface area contributed by atoms with Gasteiger partial charge in [0.25, 0.3) is 5.91 Å². The van der Waals surface area contributed by atoms with E-state index < -0.39 is 24.7 Å². The van der Waals surface area contributed by atoms with Crippen LogP contribution in [0.4, 0.5) is 13.2 Å². The fourth-order valence-electron chi connectivity index (χ4n) is 2.71. The molecule has 2 N–H and O–H groups in total. The van der Waals surface area contributed by atoms with Crippen LogP contribution in [0.25, 0.3) is 10.7 Å². The van der Waals surface area contributed by atoms with Crippen LogP contribution in [0.15, 0.2) is 30.6 Å². The van der Waals surface area contributed by atoms with Crippen molar-refractivity contribution in [3.05, 3.63) is 35.5 Å². The Kier molecular flexibility index (Phi) is 9.58. The topological polar surface area (TPSA) is 70.2 Å². The predicted octanol–water partition coefficient (Wildman–Crippen LogP) is 2.61. The molecule has 0 radical (unpaired) electrons. The molecule has 0 saturated carbocycles. The number of carbonyl (C=O) groups is 1. The largest absolute Gasteiger partial charge is 0.405 e. The molecule has 0 aliphatic carbocycles. The van der Waals surface area contributed by atoms with E-state index in [1.54, 1.807) is 24.4 Å². The van der Waals surface area contributed by atoms with E-state index in [2.05, 4.69) is 20.6 Å². The summed E-state index contributed by atoms with van der Waals surface area (Å²) in [5.74, 6) is -0.561. The van der Waals surface area contributed by atoms with Gasteiger partial charge >= 0.3 is 6.18 Å². The van der Waals surface area contributed by atoms with Gasteiger partial charge in [0.05, 0.1) is 11.9 Å². The number of nitrogens with one attached hydrogen (secondary N) is 2. The molecule has 0 bridgehead atoms. The highest BCUT2D eigenvalue weighted by atomic mass is 35.5. The fourth-order valence-corrected chi connectivity index (χ4v) is 3.52. The summed E-state index contributed by atoms with van der Waals surface area (Å²) in [5, 5.41) is 5.96. The SMILES string of the molecule is Cl.Cl.O=C(NCC(N1CCNCC1)C(F)(F)F)c1cnc(-c2ccccn2)s1. The van der Waals surface area contributed by atoms with Crippen LogP contribution in [0.2, 0.25) is 0 Å². The van der Waals surface area contributed by atoms with Crippen LogP contribution >= 0.6 is 36.2 Å². The summed E-state index contributed by atoms with van der Waals surface area (Å²) in [4.78, 5) is 22.1. The lowest BCUT2D eigenvalue weighted by Crippen LogP contribution is -2.57. The quantitative estimate of drug-likeness (QED) is 0.721. The third kappa shape index (κ3) is 6.28. The molecule has 1 fully saturated rings. The van der Waals surface area contributed by atoms with Crippen LogP contribution in [0.3, 0.4) is 0 Å². The lowest BCUT2D eigenvalue weighted by molar-refractivity contribution is -0.183. The summed E-state index contributed by atoms with van der Waals surface area (Å²) >= 11 is 1.10. The van der Waals surface area contributed by atoms with Gasteiger partial charge in [0, 0.05) is 38.9 Å². The Bertz CT molecular complexity index is 741.